The molecule has 26 heavy (non-hydrogen) atoms. The lowest BCUT2D eigenvalue weighted by atomic mass is 10.1. The predicted molar refractivity (Wildman–Crippen MR) is 95.9 cm³/mol. The molecule has 5 nitrogen and oxygen atoms in total. The van der Waals surface area contributed by atoms with Crippen LogP contribution in [0.25, 0.3) is 0 Å². The Morgan fingerprint density at radius 2 is 1.50 bits per heavy atom. The molecule has 0 radical (unpaired) electrons. The van der Waals surface area contributed by atoms with Crippen molar-refractivity contribution >= 4 is 11.8 Å². The monoisotopic (exact) mass is 356 g/mol. The van der Waals surface area contributed by atoms with E-state index >= 15 is 0 Å². The Labute approximate surface area is 152 Å². The SMILES string of the molecule is COc1ccc(C)cc1C(=O)N1CCN(C(=O)c2ccc(F)cc2)CC1. The van der Waals surface area contributed by atoms with Crippen molar-refractivity contribution in [3.05, 3.63) is 65.0 Å². The van der Waals surface area contributed by atoms with Crippen LogP contribution >= 0.6 is 0 Å². The highest BCUT2D eigenvalue weighted by Gasteiger charge is 2.27. The molecule has 0 spiro atoms. The van der Waals surface area contributed by atoms with Gasteiger partial charge in [-0.3, -0.25) is 9.59 Å². The molecule has 1 heterocycles. The number of methoxy groups -OCH3 is 1. The lowest BCUT2D eigenvalue weighted by molar-refractivity contribution is 0.0533. The maximum absolute atomic E-state index is 13.0. The Morgan fingerprint density at radius 3 is 2.08 bits per heavy atom. The van der Waals surface area contributed by atoms with Gasteiger partial charge in [-0.25, -0.2) is 4.39 Å². The third kappa shape index (κ3) is 3.69. The van der Waals surface area contributed by atoms with Gasteiger partial charge in [0, 0.05) is 31.7 Å². The van der Waals surface area contributed by atoms with Crippen molar-refractivity contribution in [1.29, 1.82) is 0 Å². The zero-order valence-electron chi connectivity index (χ0n) is 14.9. The van der Waals surface area contributed by atoms with Gasteiger partial charge in [0.2, 0.25) is 0 Å². The quantitative estimate of drug-likeness (QED) is 0.850. The molecule has 6 heteroatoms. The summed E-state index contributed by atoms with van der Waals surface area (Å²) in [6.07, 6.45) is 0. The van der Waals surface area contributed by atoms with Gasteiger partial charge in [0.1, 0.15) is 11.6 Å². The van der Waals surface area contributed by atoms with Crippen LogP contribution in [-0.4, -0.2) is 54.9 Å². The van der Waals surface area contributed by atoms with Crippen LogP contribution in [0.4, 0.5) is 4.39 Å². The first-order valence-corrected chi connectivity index (χ1v) is 8.48. The van der Waals surface area contributed by atoms with Crippen LogP contribution in [-0.2, 0) is 0 Å². The lowest BCUT2D eigenvalue weighted by Gasteiger charge is -2.35. The minimum absolute atomic E-state index is 0.0977. The maximum Gasteiger partial charge on any atom is 0.257 e. The minimum atomic E-state index is -0.371. The third-order valence-electron chi connectivity index (χ3n) is 4.53. The molecule has 2 amide bonds. The fourth-order valence-electron chi connectivity index (χ4n) is 3.05. The molecule has 1 aliphatic heterocycles. The van der Waals surface area contributed by atoms with E-state index in [4.69, 9.17) is 4.74 Å². The molecular formula is C20H21FN2O3. The van der Waals surface area contributed by atoms with E-state index in [1.165, 1.54) is 24.3 Å². The van der Waals surface area contributed by atoms with E-state index < -0.39 is 0 Å². The number of carbonyl (C=O) groups excluding carboxylic acids is 2. The Hall–Kier alpha value is -2.89. The maximum atomic E-state index is 13.0. The summed E-state index contributed by atoms with van der Waals surface area (Å²) in [6, 6.07) is 11.0. The van der Waals surface area contributed by atoms with E-state index in [1.54, 1.807) is 23.0 Å². The van der Waals surface area contributed by atoms with Gasteiger partial charge in [-0.2, -0.15) is 0 Å². The number of halogens is 1. The number of aryl methyl sites for hydroxylation is 1. The highest BCUT2D eigenvalue weighted by Crippen LogP contribution is 2.22. The van der Waals surface area contributed by atoms with Gasteiger partial charge in [0.15, 0.2) is 0 Å². The van der Waals surface area contributed by atoms with Crippen LogP contribution in [0.1, 0.15) is 26.3 Å². The first-order chi connectivity index (χ1) is 12.5. The first-order valence-electron chi connectivity index (χ1n) is 8.48. The Kier molecular flexibility index (Phi) is 5.21. The molecule has 136 valence electrons. The van der Waals surface area contributed by atoms with Crippen LogP contribution in [0, 0.1) is 12.7 Å². The summed E-state index contributed by atoms with van der Waals surface area (Å²) < 4.78 is 18.3. The average Bonchev–Trinajstić information content (AvgIpc) is 2.67. The number of amides is 2. The van der Waals surface area contributed by atoms with Gasteiger partial charge in [-0.05, 0) is 43.3 Å². The molecule has 1 aliphatic rings. The summed E-state index contributed by atoms with van der Waals surface area (Å²) in [4.78, 5) is 28.7. The second-order valence-electron chi connectivity index (χ2n) is 6.30. The Morgan fingerprint density at radius 1 is 0.923 bits per heavy atom. The van der Waals surface area contributed by atoms with Gasteiger partial charge in [0.05, 0.1) is 12.7 Å². The average molecular weight is 356 g/mol. The van der Waals surface area contributed by atoms with Gasteiger partial charge in [0.25, 0.3) is 11.8 Å². The minimum Gasteiger partial charge on any atom is -0.496 e. The second-order valence-corrected chi connectivity index (χ2v) is 6.30. The zero-order valence-corrected chi connectivity index (χ0v) is 14.9. The molecule has 0 bridgehead atoms. The topological polar surface area (TPSA) is 49.9 Å². The van der Waals surface area contributed by atoms with E-state index in [-0.39, 0.29) is 17.6 Å². The summed E-state index contributed by atoms with van der Waals surface area (Å²) in [5, 5.41) is 0. The van der Waals surface area contributed by atoms with Crippen LogP contribution in [0.2, 0.25) is 0 Å². The molecular weight excluding hydrogens is 335 g/mol. The number of benzene rings is 2. The fraction of sp³-hybridized carbons (Fsp3) is 0.300. The predicted octanol–water partition coefficient (Wildman–Crippen LogP) is 2.74. The number of carbonyl (C=O) groups is 2. The smallest absolute Gasteiger partial charge is 0.257 e. The molecule has 0 aliphatic carbocycles. The van der Waals surface area contributed by atoms with Gasteiger partial charge in [-0.15, -0.1) is 0 Å². The van der Waals surface area contributed by atoms with Crippen LogP contribution in [0.5, 0.6) is 5.75 Å². The number of ether oxygens (including phenoxy) is 1. The molecule has 2 aromatic carbocycles. The second kappa shape index (κ2) is 7.56. The molecule has 0 saturated carbocycles. The van der Waals surface area contributed by atoms with Gasteiger partial charge >= 0.3 is 0 Å². The number of piperazine rings is 1. The first kappa shape index (κ1) is 17.9. The fourth-order valence-corrected chi connectivity index (χ4v) is 3.05. The van der Waals surface area contributed by atoms with E-state index in [1.807, 2.05) is 19.1 Å². The largest absolute Gasteiger partial charge is 0.496 e. The number of hydrogen-bond donors (Lipinski definition) is 0. The van der Waals surface area contributed by atoms with Crippen LogP contribution in [0.15, 0.2) is 42.5 Å². The van der Waals surface area contributed by atoms with Crippen molar-refractivity contribution in [2.24, 2.45) is 0 Å². The van der Waals surface area contributed by atoms with Crippen molar-refractivity contribution in [3.63, 3.8) is 0 Å². The van der Waals surface area contributed by atoms with E-state index in [0.717, 1.165) is 5.56 Å². The van der Waals surface area contributed by atoms with Crippen molar-refractivity contribution in [3.8, 4) is 5.75 Å². The van der Waals surface area contributed by atoms with Gasteiger partial charge in [-0.1, -0.05) is 11.6 Å². The van der Waals surface area contributed by atoms with Crippen LogP contribution in [0.3, 0.4) is 0 Å². The Bertz CT molecular complexity index is 812. The molecule has 1 fully saturated rings. The highest BCUT2D eigenvalue weighted by molar-refractivity contribution is 5.98. The number of rotatable bonds is 3. The normalized spacial score (nSPS) is 14.3. The van der Waals surface area contributed by atoms with Crippen molar-refractivity contribution in [1.82, 2.24) is 9.80 Å². The van der Waals surface area contributed by atoms with Crippen molar-refractivity contribution < 1.29 is 18.7 Å². The molecule has 0 unspecified atom stereocenters. The van der Waals surface area contributed by atoms with Crippen molar-refractivity contribution in [2.45, 2.75) is 6.92 Å². The number of hydrogen-bond acceptors (Lipinski definition) is 3. The molecule has 0 N–H and O–H groups in total. The summed E-state index contributed by atoms with van der Waals surface area (Å²) in [5.41, 5.74) is 1.97. The van der Waals surface area contributed by atoms with Crippen molar-refractivity contribution in [2.75, 3.05) is 33.3 Å². The molecule has 0 atom stereocenters. The summed E-state index contributed by atoms with van der Waals surface area (Å²) in [5.74, 6) is -0.0702. The number of nitrogens with zero attached hydrogens (tertiary/aromatic N) is 2. The zero-order chi connectivity index (χ0) is 18.7. The highest BCUT2D eigenvalue weighted by atomic mass is 19.1. The van der Waals surface area contributed by atoms with Crippen LogP contribution < -0.4 is 4.74 Å². The lowest BCUT2D eigenvalue weighted by Crippen LogP contribution is -2.50. The molecule has 3 rings (SSSR count). The van der Waals surface area contributed by atoms with E-state index in [2.05, 4.69) is 0 Å². The summed E-state index contributed by atoms with van der Waals surface area (Å²) in [7, 11) is 1.54. The van der Waals surface area contributed by atoms with E-state index in [9.17, 15) is 14.0 Å². The third-order valence-corrected chi connectivity index (χ3v) is 4.53. The summed E-state index contributed by atoms with van der Waals surface area (Å²) in [6.45, 7) is 3.70. The Balaban J connectivity index is 1.66. The molecule has 2 aromatic rings. The standard InChI is InChI=1S/C20H21FN2O3/c1-14-3-8-18(26-2)17(13-14)20(25)23-11-9-22(10-12-23)19(24)15-4-6-16(21)7-5-15/h3-8,13H,9-12H2,1-2H3. The molecule has 0 aromatic heterocycles. The van der Waals surface area contributed by atoms with Gasteiger partial charge < -0.3 is 14.5 Å². The molecule has 1 saturated heterocycles. The summed E-state index contributed by atoms with van der Waals surface area (Å²) >= 11 is 0. The van der Waals surface area contributed by atoms with E-state index in [0.29, 0.717) is 43.1 Å².